The van der Waals surface area contributed by atoms with E-state index in [9.17, 15) is 22.8 Å². The number of aromatic nitrogens is 1. The van der Waals surface area contributed by atoms with E-state index in [0.717, 1.165) is 6.42 Å². The van der Waals surface area contributed by atoms with E-state index in [1.807, 2.05) is 6.92 Å². The van der Waals surface area contributed by atoms with Crippen LogP contribution in [0.4, 0.5) is 0 Å². The molecule has 2 N–H and O–H groups in total. The fourth-order valence-electron chi connectivity index (χ4n) is 5.66. The van der Waals surface area contributed by atoms with Crippen LogP contribution in [-0.2, 0) is 30.8 Å². The maximum absolute atomic E-state index is 14.6. The normalized spacial score (nSPS) is 25.0. The Morgan fingerprint density at radius 3 is 2.64 bits per heavy atom. The summed E-state index contributed by atoms with van der Waals surface area (Å²) in [6.45, 7) is 1.83. The molecule has 3 aliphatic rings. The van der Waals surface area contributed by atoms with Crippen molar-refractivity contribution in [1.29, 1.82) is 0 Å². The summed E-state index contributed by atoms with van der Waals surface area (Å²) in [6.07, 6.45) is 3.66. The van der Waals surface area contributed by atoms with Crippen LogP contribution < -0.4 is 15.4 Å². The van der Waals surface area contributed by atoms with E-state index in [-0.39, 0.29) is 49.3 Å². The quantitative estimate of drug-likeness (QED) is 0.554. The van der Waals surface area contributed by atoms with Crippen molar-refractivity contribution in [3.05, 3.63) is 54.2 Å². The Kier molecular flexibility index (Phi) is 7.35. The molecule has 10 nitrogen and oxygen atoms in total. The molecule has 39 heavy (non-hydrogen) atoms. The Labute approximate surface area is 230 Å². The molecule has 3 atom stereocenters. The first-order chi connectivity index (χ1) is 19.1. The molecule has 1 saturated carbocycles. The summed E-state index contributed by atoms with van der Waals surface area (Å²) in [7, 11) is -4.54. The zero-order valence-electron chi connectivity index (χ0n) is 22.9. The first-order valence-electron chi connectivity index (χ1n) is 14.0. The summed E-state index contributed by atoms with van der Waals surface area (Å²) in [6, 6.07) is 8.36. The highest BCUT2D eigenvalue weighted by molar-refractivity contribution is 7.89. The lowest BCUT2D eigenvalue weighted by molar-refractivity contribution is -0.144. The van der Waals surface area contributed by atoms with Crippen molar-refractivity contribution >= 4 is 27.6 Å². The molecule has 1 aliphatic carbocycles. The van der Waals surface area contributed by atoms with Crippen LogP contribution in [-0.4, -0.2) is 65.6 Å². The highest BCUT2D eigenvalue weighted by Crippen LogP contribution is 2.35. The number of ketones is 1. The Morgan fingerprint density at radius 2 is 1.92 bits per heavy atom. The van der Waals surface area contributed by atoms with Gasteiger partial charge in [-0.05, 0) is 56.4 Å². The molecule has 2 amide bonds. The van der Waals surface area contributed by atoms with E-state index in [1.54, 1.807) is 24.3 Å². The SMILES string of the molecule is [2H]c1cccc2c1CC(C(=O)NC1(C(=O)N([C@H]3CC[C@@H](C)NCC3=O)S(=O)(=O)c3ccccn3)CCCCC1)O2. The van der Waals surface area contributed by atoms with Crippen LogP contribution in [0.15, 0.2) is 53.7 Å². The first-order valence-corrected chi connectivity index (χ1v) is 14.9. The number of hydrogen-bond donors (Lipinski definition) is 2. The summed E-state index contributed by atoms with van der Waals surface area (Å²) in [5, 5.41) is 5.63. The Morgan fingerprint density at radius 1 is 1.15 bits per heavy atom. The Balaban J connectivity index is 1.51. The van der Waals surface area contributed by atoms with E-state index >= 15 is 0 Å². The minimum absolute atomic E-state index is 0.0325. The predicted molar refractivity (Wildman–Crippen MR) is 142 cm³/mol. The van der Waals surface area contributed by atoms with Crippen LogP contribution >= 0.6 is 0 Å². The minimum atomic E-state index is -4.54. The van der Waals surface area contributed by atoms with E-state index < -0.39 is 45.3 Å². The van der Waals surface area contributed by atoms with E-state index in [1.165, 1.54) is 18.3 Å². The van der Waals surface area contributed by atoms with Gasteiger partial charge < -0.3 is 15.4 Å². The number of hydrogen-bond acceptors (Lipinski definition) is 8. The highest BCUT2D eigenvalue weighted by Gasteiger charge is 2.51. The van der Waals surface area contributed by atoms with Gasteiger partial charge in [-0.3, -0.25) is 14.4 Å². The second kappa shape index (κ2) is 11.1. The molecule has 1 aromatic carbocycles. The van der Waals surface area contributed by atoms with Crippen molar-refractivity contribution in [2.24, 2.45) is 0 Å². The summed E-state index contributed by atoms with van der Waals surface area (Å²) in [5.41, 5.74) is -0.929. The van der Waals surface area contributed by atoms with Crippen LogP contribution in [0.25, 0.3) is 0 Å². The molecule has 3 heterocycles. The molecular weight excluding hydrogens is 520 g/mol. The topological polar surface area (TPSA) is 135 Å². The van der Waals surface area contributed by atoms with Crippen LogP contribution in [0.3, 0.4) is 0 Å². The zero-order valence-corrected chi connectivity index (χ0v) is 22.7. The van der Waals surface area contributed by atoms with Gasteiger partial charge in [0, 0.05) is 18.7 Å². The van der Waals surface area contributed by atoms with Gasteiger partial charge >= 0.3 is 0 Å². The number of nitrogens with one attached hydrogen (secondary N) is 2. The second-order valence-corrected chi connectivity index (χ2v) is 12.3. The number of ether oxygens (including phenoxy) is 1. The molecule has 1 saturated heterocycles. The van der Waals surface area contributed by atoms with Gasteiger partial charge in [0.2, 0.25) is 0 Å². The number of fused-ring (bicyclic) bond motifs is 1. The third kappa shape index (κ3) is 5.42. The number of pyridine rings is 1. The second-order valence-electron chi connectivity index (χ2n) is 10.6. The van der Waals surface area contributed by atoms with Crippen LogP contribution in [0.2, 0.25) is 0 Å². The summed E-state index contributed by atoms with van der Waals surface area (Å²) in [4.78, 5) is 45.4. The number of carbonyl (C=O) groups is 3. The van der Waals surface area contributed by atoms with E-state index in [2.05, 4.69) is 15.6 Å². The fourth-order valence-corrected chi connectivity index (χ4v) is 7.25. The van der Waals surface area contributed by atoms with Crippen molar-refractivity contribution < 1.29 is 28.9 Å². The van der Waals surface area contributed by atoms with Crippen molar-refractivity contribution in [1.82, 2.24) is 19.9 Å². The molecule has 5 rings (SSSR count). The van der Waals surface area contributed by atoms with Crippen molar-refractivity contribution in [3.8, 4) is 5.75 Å². The van der Waals surface area contributed by atoms with Crippen LogP contribution in [0.5, 0.6) is 5.75 Å². The van der Waals surface area contributed by atoms with Gasteiger partial charge in [-0.1, -0.05) is 43.5 Å². The van der Waals surface area contributed by atoms with Gasteiger partial charge in [-0.2, -0.15) is 8.42 Å². The van der Waals surface area contributed by atoms with Gasteiger partial charge in [0.05, 0.1) is 7.92 Å². The van der Waals surface area contributed by atoms with E-state index in [0.29, 0.717) is 34.9 Å². The average molecular weight is 556 g/mol. The monoisotopic (exact) mass is 555 g/mol. The molecule has 1 aromatic heterocycles. The molecule has 1 unspecified atom stereocenters. The average Bonchev–Trinajstić information content (AvgIpc) is 3.34. The number of nitrogens with zero attached hydrogens (tertiary/aromatic N) is 2. The lowest BCUT2D eigenvalue weighted by Gasteiger charge is -2.42. The molecule has 11 heteroatoms. The zero-order chi connectivity index (χ0) is 28.5. The van der Waals surface area contributed by atoms with Gasteiger partial charge in [-0.15, -0.1) is 0 Å². The number of amides is 2. The molecular formula is C28H34N4O6S. The maximum atomic E-state index is 14.6. The van der Waals surface area contributed by atoms with Crippen LogP contribution in [0.1, 0.15) is 58.8 Å². The van der Waals surface area contributed by atoms with Gasteiger partial charge in [0.1, 0.15) is 17.3 Å². The number of carbonyl (C=O) groups excluding carboxylic acids is 3. The van der Waals surface area contributed by atoms with E-state index in [4.69, 9.17) is 6.11 Å². The summed E-state index contributed by atoms with van der Waals surface area (Å²) >= 11 is 0. The number of rotatable bonds is 6. The highest BCUT2D eigenvalue weighted by atomic mass is 32.2. The summed E-state index contributed by atoms with van der Waals surface area (Å²) < 4.78 is 42.7. The Bertz CT molecular complexity index is 1400. The third-order valence-corrected chi connectivity index (χ3v) is 9.55. The van der Waals surface area contributed by atoms with Crippen molar-refractivity contribution in [2.75, 3.05) is 6.54 Å². The largest absolute Gasteiger partial charge is 0.480 e. The number of Topliss-reactive ketones (excluding diaryl/α,β-unsaturated/α-hetero) is 1. The standard InChI is InChI=1S/C28H34N4O6S/c1-19-12-13-21(22(33)18-30-19)32(39(36,37)25-11-5-8-16-29-25)27(35)28(14-6-2-7-15-28)31-26(34)24-17-20-9-3-4-10-23(20)38-24/h3-5,8-11,16,19,21,24,30H,2,6-7,12-15,17-18H2,1H3,(H,31,34)/t19-,21+,24?/m1/s1/i9D. The van der Waals surface area contributed by atoms with Crippen molar-refractivity contribution in [2.45, 2.75) is 87.0 Å². The fraction of sp³-hybridized carbons (Fsp3) is 0.500. The molecule has 2 aromatic rings. The smallest absolute Gasteiger partial charge is 0.284 e. The molecule has 0 bridgehead atoms. The first kappa shape index (κ1) is 25.9. The molecule has 0 radical (unpaired) electrons. The lowest BCUT2D eigenvalue weighted by atomic mass is 9.80. The third-order valence-electron chi connectivity index (χ3n) is 7.84. The maximum Gasteiger partial charge on any atom is 0.284 e. The molecule has 2 fully saturated rings. The number of sulfonamides is 1. The Hall–Kier alpha value is -3.31. The number of para-hydroxylation sites is 1. The predicted octanol–water partition coefficient (Wildman–Crippen LogP) is 2.13. The van der Waals surface area contributed by atoms with Gasteiger partial charge in [-0.25, -0.2) is 9.29 Å². The van der Waals surface area contributed by atoms with Crippen molar-refractivity contribution in [3.63, 3.8) is 0 Å². The number of benzene rings is 1. The lowest BCUT2D eigenvalue weighted by Crippen LogP contribution is -2.65. The van der Waals surface area contributed by atoms with Gasteiger partial charge in [0.25, 0.3) is 21.8 Å². The molecule has 2 aliphatic heterocycles. The van der Waals surface area contributed by atoms with Crippen LogP contribution in [0, 0.1) is 0 Å². The van der Waals surface area contributed by atoms with Gasteiger partial charge in [0.15, 0.2) is 16.9 Å². The molecule has 0 spiro atoms. The molecule has 208 valence electrons. The minimum Gasteiger partial charge on any atom is -0.480 e. The summed E-state index contributed by atoms with van der Waals surface area (Å²) in [5.74, 6) is -1.34.